The first-order valence-electron chi connectivity index (χ1n) is 11.8. The molecule has 2 aromatic heterocycles. The zero-order valence-electron chi connectivity index (χ0n) is 19.4. The average molecular weight is 456 g/mol. The molecular weight excluding hydrogens is 426 g/mol. The van der Waals surface area contributed by atoms with Gasteiger partial charge in [-0.05, 0) is 73.0 Å². The lowest BCUT2D eigenvalue weighted by molar-refractivity contribution is 0.112. The number of aromatic nitrogens is 2. The molecule has 0 aliphatic carbocycles. The number of furan rings is 1. The number of hydrogen-bond acceptors (Lipinski definition) is 7. The van der Waals surface area contributed by atoms with Crippen molar-refractivity contribution in [1.82, 2.24) is 14.9 Å². The molecule has 3 heterocycles. The van der Waals surface area contributed by atoms with Gasteiger partial charge in [-0.1, -0.05) is 6.92 Å². The Hall–Kier alpha value is -3.71. The molecule has 0 saturated carbocycles. The lowest BCUT2D eigenvalue weighted by Gasteiger charge is -2.35. The first-order chi connectivity index (χ1) is 16.7. The van der Waals surface area contributed by atoms with Crippen LogP contribution >= 0.6 is 0 Å². The number of likely N-dealkylation sites (N-methyl/N-ethyl adjacent to an activating group) is 1. The highest BCUT2D eigenvalue weighted by Gasteiger charge is 2.15. The van der Waals surface area contributed by atoms with E-state index >= 15 is 0 Å². The molecule has 5 rings (SSSR count). The van der Waals surface area contributed by atoms with Gasteiger partial charge in [-0.2, -0.15) is 0 Å². The number of anilines is 3. The summed E-state index contributed by atoms with van der Waals surface area (Å²) in [6, 6.07) is 14.1. The smallest absolute Gasteiger partial charge is 0.227 e. The molecule has 0 bridgehead atoms. The summed E-state index contributed by atoms with van der Waals surface area (Å²) in [5.41, 5.74) is 5.72. The van der Waals surface area contributed by atoms with Crippen molar-refractivity contribution in [2.24, 2.45) is 0 Å². The number of benzene rings is 2. The van der Waals surface area contributed by atoms with Crippen LogP contribution in [0.2, 0.25) is 0 Å². The zero-order valence-corrected chi connectivity index (χ0v) is 19.4. The Labute approximate surface area is 199 Å². The fourth-order valence-electron chi connectivity index (χ4n) is 4.48. The first-order valence-corrected chi connectivity index (χ1v) is 11.8. The lowest BCUT2D eigenvalue weighted by Crippen LogP contribution is -2.46. The Bertz CT molecular complexity index is 1240. The highest BCUT2D eigenvalue weighted by Crippen LogP contribution is 2.24. The third kappa shape index (κ3) is 4.94. The Morgan fingerprint density at radius 3 is 2.47 bits per heavy atom. The van der Waals surface area contributed by atoms with Gasteiger partial charge in [0.25, 0.3) is 0 Å². The molecule has 0 spiro atoms. The van der Waals surface area contributed by atoms with E-state index < -0.39 is 0 Å². The number of rotatable bonds is 8. The van der Waals surface area contributed by atoms with Crippen LogP contribution in [0.25, 0.3) is 11.0 Å². The molecule has 1 fully saturated rings. The van der Waals surface area contributed by atoms with Crippen molar-refractivity contribution in [3.05, 3.63) is 77.8 Å². The third-order valence-electron chi connectivity index (χ3n) is 6.51. The summed E-state index contributed by atoms with van der Waals surface area (Å²) in [5, 5.41) is 4.33. The molecule has 34 heavy (non-hydrogen) atoms. The maximum absolute atomic E-state index is 11.2. The molecule has 1 saturated heterocycles. The maximum atomic E-state index is 11.2. The van der Waals surface area contributed by atoms with Gasteiger partial charge in [0.2, 0.25) is 5.95 Å². The van der Waals surface area contributed by atoms with E-state index in [2.05, 4.69) is 56.3 Å². The number of carbonyl (C=O) groups excluding carboxylic acids is 1. The average Bonchev–Trinajstić information content (AvgIpc) is 3.37. The topological polar surface area (TPSA) is 74.5 Å². The van der Waals surface area contributed by atoms with E-state index in [1.165, 1.54) is 5.69 Å². The summed E-state index contributed by atoms with van der Waals surface area (Å²) in [7, 11) is 0. The third-order valence-corrected chi connectivity index (χ3v) is 6.51. The van der Waals surface area contributed by atoms with Crippen LogP contribution in [0.15, 0.2) is 65.5 Å². The largest absolute Gasteiger partial charge is 0.464 e. The Morgan fingerprint density at radius 2 is 1.76 bits per heavy atom. The normalized spacial score (nSPS) is 14.4. The van der Waals surface area contributed by atoms with E-state index in [0.717, 1.165) is 79.6 Å². The van der Waals surface area contributed by atoms with Gasteiger partial charge in [-0.15, -0.1) is 0 Å². The van der Waals surface area contributed by atoms with Crippen molar-refractivity contribution in [2.45, 2.75) is 19.8 Å². The Kier molecular flexibility index (Phi) is 6.53. The number of piperazine rings is 1. The van der Waals surface area contributed by atoms with E-state index in [-0.39, 0.29) is 0 Å². The molecule has 2 aromatic carbocycles. The van der Waals surface area contributed by atoms with Crippen LogP contribution in [0.4, 0.5) is 17.3 Å². The predicted octanol–water partition coefficient (Wildman–Crippen LogP) is 4.71. The van der Waals surface area contributed by atoms with Crippen molar-refractivity contribution < 1.29 is 9.21 Å². The van der Waals surface area contributed by atoms with Gasteiger partial charge in [0.05, 0.1) is 6.26 Å². The molecule has 0 unspecified atom stereocenters. The van der Waals surface area contributed by atoms with Gasteiger partial charge in [0.1, 0.15) is 11.9 Å². The molecule has 174 valence electrons. The molecule has 0 amide bonds. The van der Waals surface area contributed by atoms with Crippen LogP contribution in [0.5, 0.6) is 0 Å². The molecule has 1 N–H and O–H groups in total. The van der Waals surface area contributed by atoms with Crippen LogP contribution in [-0.2, 0) is 12.8 Å². The lowest BCUT2D eigenvalue weighted by atomic mass is 10.0. The number of hydrogen-bond donors (Lipinski definition) is 1. The van der Waals surface area contributed by atoms with Gasteiger partial charge in [0.15, 0.2) is 0 Å². The van der Waals surface area contributed by atoms with Crippen LogP contribution < -0.4 is 10.2 Å². The Balaban J connectivity index is 1.18. The highest BCUT2D eigenvalue weighted by atomic mass is 16.3. The standard InChI is InChI=1S/C27H29N5O2/c1-2-31-10-12-32(13-11-31)24-7-5-23(6-8-24)30-27-28-17-20(18-29-27)3-4-22-15-21(19-33)16-26-25(22)9-14-34-26/h5-9,14-19H,2-4,10-13H2,1H3,(H,28,29,30). The van der Waals surface area contributed by atoms with Gasteiger partial charge in [-0.25, -0.2) is 9.97 Å². The highest BCUT2D eigenvalue weighted by molar-refractivity contribution is 5.88. The fourth-order valence-corrected chi connectivity index (χ4v) is 4.48. The molecule has 7 nitrogen and oxygen atoms in total. The molecule has 0 radical (unpaired) electrons. The van der Waals surface area contributed by atoms with Gasteiger partial charge in [0, 0.05) is 60.9 Å². The SMILES string of the molecule is CCN1CCN(c2ccc(Nc3ncc(CCc4cc(C=O)cc5occc45)cn3)cc2)CC1. The number of aldehydes is 1. The van der Waals surface area contributed by atoms with E-state index in [1.807, 2.05) is 24.5 Å². The quantitative estimate of drug-likeness (QED) is 0.386. The van der Waals surface area contributed by atoms with Crippen LogP contribution in [0, 0.1) is 0 Å². The van der Waals surface area contributed by atoms with Crippen molar-refractivity contribution in [3.8, 4) is 0 Å². The first kappa shape index (κ1) is 22.1. The second kappa shape index (κ2) is 10.1. The number of nitrogens with zero attached hydrogens (tertiary/aromatic N) is 4. The van der Waals surface area contributed by atoms with E-state index in [0.29, 0.717) is 11.5 Å². The monoisotopic (exact) mass is 455 g/mol. The summed E-state index contributed by atoms with van der Waals surface area (Å²) in [6.45, 7) is 7.71. The van der Waals surface area contributed by atoms with Crippen LogP contribution in [-0.4, -0.2) is 53.9 Å². The van der Waals surface area contributed by atoms with Gasteiger partial charge >= 0.3 is 0 Å². The van der Waals surface area contributed by atoms with Crippen molar-refractivity contribution in [1.29, 1.82) is 0 Å². The predicted molar refractivity (Wildman–Crippen MR) is 135 cm³/mol. The minimum absolute atomic E-state index is 0.577. The van der Waals surface area contributed by atoms with E-state index in [9.17, 15) is 4.79 Å². The summed E-state index contributed by atoms with van der Waals surface area (Å²) in [6.07, 6.45) is 7.78. The second-order valence-electron chi connectivity index (χ2n) is 8.64. The summed E-state index contributed by atoms with van der Waals surface area (Å²) < 4.78 is 5.48. The molecule has 0 atom stereocenters. The minimum atomic E-state index is 0.577. The molecule has 7 heteroatoms. The van der Waals surface area contributed by atoms with Crippen molar-refractivity contribution >= 4 is 34.6 Å². The van der Waals surface area contributed by atoms with Crippen molar-refractivity contribution in [3.63, 3.8) is 0 Å². The number of nitrogens with one attached hydrogen (secondary N) is 1. The van der Waals surface area contributed by atoms with Gasteiger partial charge in [-0.3, -0.25) is 4.79 Å². The summed E-state index contributed by atoms with van der Waals surface area (Å²) >= 11 is 0. The maximum Gasteiger partial charge on any atom is 0.227 e. The Morgan fingerprint density at radius 1 is 1.00 bits per heavy atom. The minimum Gasteiger partial charge on any atom is -0.464 e. The summed E-state index contributed by atoms with van der Waals surface area (Å²) in [4.78, 5) is 25.1. The zero-order chi connectivity index (χ0) is 23.3. The van der Waals surface area contributed by atoms with Crippen LogP contribution in [0.1, 0.15) is 28.4 Å². The van der Waals surface area contributed by atoms with Gasteiger partial charge < -0.3 is 19.5 Å². The number of fused-ring (bicyclic) bond motifs is 1. The van der Waals surface area contributed by atoms with Crippen molar-refractivity contribution in [2.75, 3.05) is 42.9 Å². The van der Waals surface area contributed by atoms with E-state index in [1.54, 1.807) is 12.3 Å². The number of aryl methyl sites for hydroxylation is 2. The van der Waals surface area contributed by atoms with E-state index in [4.69, 9.17) is 4.42 Å². The van der Waals surface area contributed by atoms with Crippen LogP contribution in [0.3, 0.4) is 0 Å². The second-order valence-corrected chi connectivity index (χ2v) is 8.64. The number of carbonyl (C=O) groups is 1. The fraction of sp³-hybridized carbons (Fsp3) is 0.296. The molecular formula is C27H29N5O2. The molecule has 4 aromatic rings. The summed E-state index contributed by atoms with van der Waals surface area (Å²) in [5.74, 6) is 0.577. The molecule has 1 aliphatic rings. The molecule has 1 aliphatic heterocycles.